The lowest BCUT2D eigenvalue weighted by Crippen LogP contribution is -2.14. The molecule has 0 aliphatic heterocycles. The van der Waals surface area contributed by atoms with Gasteiger partial charge >= 0.3 is 0 Å². The summed E-state index contributed by atoms with van der Waals surface area (Å²) < 4.78 is 12.4. The molecular weight excluding hydrogens is 597 g/mol. The van der Waals surface area contributed by atoms with Crippen molar-refractivity contribution in [3.05, 3.63) is 95.6 Å². The number of non-ortho nitro benzene ring substituents is 1. The molecule has 3 aromatic carbocycles. The van der Waals surface area contributed by atoms with Crippen LogP contribution in [0, 0.1) is 31.9 Å². The van der Waals surface area contributed by atoms with E-state index in [0.717, 1.165) is 11.1 Å². The molecule has 3 rings (SSSR count). The monoisotopic (exact) mass is 617 g/mol. The molecule has 184 valence electrons. The summed E-state index contributed by atoms with van der Waals surface area (Å²) >= 11 is 8.11. The number of nitrogens with one attached hydrogen (secondary N) is 1. The van der Waals surface area contributed by atoms with Crippen molar-refractivity contribution < 1.29 is 19.2 Å². The first kappa shape index (κ1) is 27.0. The van der Waals surface area contributed by atoms with Crippen molar-refractivity contribution in [3.8, 4) is 17.6 Å². The molecule has 0 heterocycles. The van der Waals surface area contributed by atoms with Crippen LogP contribution in [0.1, 0.15) is 23.6 Å². The van der Waals surface area contributed by atoms with E-state index in [9.17, 15) is 20.2 Å². The van der Waals surface area contributed by atoms with E-state index in [-0.39, 0.29) is 17.9 Å². The number of amides is 1. The van der Waals surface area contributed by atoms with Gasteiger partial charge < -0.3 is 14.8 Å². The first-order chi connectivity index (χ1) is 17.2. The number of carbonyl (C=O) groups is 1. The predicted octanol–water partition coefficient (Wildman–Crippen LogP) is 6.68. The third-order valence-corrected chi connectivity index (χ3v) is 6.02. The maximum absolute atomic E-state index is 12.8. The second-order valence-electron chi connectivity index (χ2n) is 7.56. The number of nitriles is 1. The van der Waals surface area contributed by atoms with Crippen molar-refractivity contribution in [2.75, 3.05) is 11.9 Å². The van der Waals surface area contributed by atoms with Gasteiger partial charge in [-0.2, -0.15) is 5.26 Å². The van der Waals surface area contributed by atoms with Crippen molar-refractivity contribution in [2.45, 2.75) is 20.5 Å². The minimum atomic E-state index is -0.561. The number of nitrogens with zero attached hydrogens (tertiary/aromatic N) is 2. The highest BCUT2D eigenvalue weighted by Crippen LogP contribution is 2.35. The summed E-state index contributed by atoms with van der Waals surface area (Å²) in [5.41, 5.74) is 2.58. The van der Waals surface area contributed by atoms with E-state index >= 15 is 0 Å². The molecule has 0 unspecified atom stereocenters. The lowest BCUT2D eigenvalue weighted by molar-refractivity contribution is -0.384. The summed E-state index contributed by atoms with van der Waals surface area (Å²) in [6.45, 7) is 4.20. The Morgan fingerprint density at radius 2 is 1.92 bits per heavy atom. The lowest BCUT2D eigenvalue weighted by atomic mass is 10.1. The maximum Gasteiger partial charge on any atom is 0.269 e. The number of nitro benzene ring substituents is 1. The maximum atomic E-state index is 12.8. The minimum absolute atomic E-state index is 0.00216. The van der Waals surface area contributed by atoms with Crippen molar-refractivity contribution in [3.63, 3.8) is 0 Å². The molecule has 36 heavy (non-hydrogen) atoms. The summed E-state index contributed by atoms with van der Waals surface area (Å²) in [4.78, 5) is 23.1. The van der Waals surface area contributed by atoms with Crippen LogP contribution < -0.4 is 14.8 Å². The van der Waals surface area contributed by atoms with Gasteiger partial charge in [-0.25, -0.2) is 0 Å². The molecule has 10 heteroatoms. The quantitative estimate of drug-likeness (QED) is 0.0941. The molecule has 0 spiro atoms. The van der Waals surface area contributed by atoms with E-state index in [0.29, 0.717) is 37.9 Å². The third kappa shape index (κ3) is 6.96. The molecule has 1 amide bonds. The van der Waals surface area contributed by atoms with E-state index in [2.05, 4.69) is 27.9 Å². The number of nitro groups is 1. The molecule has 0 atom stereocenters. The molecule has 0 radical (unpaired) electrons. The zero-order chi connectivity index (χ0) is 26.2. The van der Waals surface area contributed by atoms with Gasteiger partial charge in [0.05, 0.1) is 15.1 Å². The normalized spacial score (nSPS) is 10.9. The second kappa shape index (κ2) is 12.4. The summed E-state index contributed by atoms with van der Waals surface area (Å²) in [7, 11) is 0. The SMILES string of the molecule is CCOc1cc(/C=C(\C#N)C(=O)Nc2cc(Cl)ccc2C)cc(I)c1OCc1ccc([N+](=O)[O-])cc1. The van der Waals surface area contributed by atoms with Crippen LogP contribution in [0.2, 0.25) is 5.02 Å². The Kier molecular flexibility index (Phi) is 9.27. The topological polar surface area (TPSA) is 114 Å². The average molecular weight is 618 g/mol. The first-order valence-electron chi connectivity index (χ1n) is 10.7. The third-order valence-electron chi connectivity index (χ3n) is 4.99. The van der Waals surface area contributed by atoms with E-state index < -0.39 is 10.8 Å². The molecule has 3 aromatic rings. The fourth-order valence-corrected chi connectivity index (χ4v) is 4.13. The standard InChI is InChI=1S/C26H21ClIN3O5/c1-3-35-24-12-18(10-19(14-29)26(32)30-23-13-20(27)7-4-16(23)2)11-22(28)25(24)36-15-17-5-8-21(9-6-17)31(33)34/h4-13H,3,15H2,1-2H3,(H,30,32)/b19-10+. The number of rotatable bonds is 9. The van der Waals surface area contributed by atoms with Gasteiger partial charge in [0.2, 0.25) is 0 Å². The Balaban J connectivity index is 1.84. The van der Waals surface area contributed by atoms with Gasteiger partial charge in [-0.3, -0.25) is 14.9 Å². The van der Waals surface area contributed by atoms with E-state index in [1.54, 1.807) is 42.5 Å². The number of benzene rings is 3. The second-order valence-corrected chi connectivity index (χ2v) is 9.16. The van der Waals surface area contributed by atoms with Gasteiger partial charge in [-0.15, -0.1) is 0 Å². The zero-order valence-corrected chi connectivity index (χ0v) is 22.3. The number of hydrogen-bond acceptors (Lipinski definition) is 6. The fourth-order valence-electron chi connectivity index (χ4n) is 3.18. The number of anilines is 1. The van der Waals surface area contributed by atoms with Crippen LogP contribution in [-0.4, -0.2) is 17.4 Å². The van der Waals surface area contributed by atoms with Gasteiger partial charge in [0.1, 0.15) is 18.2 Å². The number of halogens is 2. The Hall–Kier alpha value is -3.62. The van der Waals surface area contributed by atoms with Crippen LogP contribution in [0.15, 0.2) is 60.2 Å². The van der Waals surface area contributed by atoms with Crippen molar-refractivity contribution in [2.24, 2.45) is 0 Å². The summed E-state index contributed by atoms with van der Waals surface area (Å²) in [6.07, 6.45) is 1.47. The molecule has 8 nitrogen and oxygen atoms in total. The van der Waals surface area contributed by atoms with Crippen LogP contribution >= 0.6 is 34.2 Å². The van der Waals surface area contributed by atoms with Gasteiger partial charge in [0.15, 0.2) is 11.5 Å². The predicted molar refractivity (Wildman–Crippen MR) is 146 cm³/mol. The molecule has 0 saturated carbocycles. The molecule has 0 saturated heterocycles. The average Bonchev–Trinajstić information content (AvgIpc) is 2.84. The Morgan fingerprint density at radius 1 is 1.19 bits per heavy atom. The Bertz CT molecular complexity index is 1370. The summed E-state index contributed by atoms with van der Waals surface area (Å²) in [6, 6.07) is 16.6. The van der Waals surface area contributed by atoms with Gasteiger partial charge in [0, 0.05) is 22.8 Å². The van der Waals surface area contributed by atoms with E-state index in [4.69, 9.17) is 21.1 Å². The molecule has 0 fully saturated rings. The van der Waals surface area contributed by atoms with E-state index in [1.807, 2.05) is 19.9 Å². The summed E-state index contributed by atoms with van der Waals surface area (Å²) in [5.74, 6) is 0.376. The highest BCUT2D eigenvalue weighted by atomic mass is 127. The number of aryl methyl sites for hydroxylation is 1. The lowest BCUT2D eigenvalue weighted by Gasteiger charge is -2.15. The van der Waals surface area contributed by atoms with Crippen molar-refractivity contribution in [1.29, 1.82) is 5.26 Å². The summed E-state index contributed by atoms with van der Waals surface area (Å²) in [5, 5.41) is 23.7. The molecule has 0 aliphatic carbocycles. The molecule has 0 bridgehead atoms. The highest BCUT2D eigenvalue weighted by Gasteiger charge is 2.16. The van der Waals surface area contributed by atoms with Gasteiger partial charge in [-0.05, 0) is 95.6 Å². The van der Waals surface area contributed by atoms with Gasteiger partial charge in [0.25, 0.3) is 11.6 Å². The van der Waals surface area contributed by atoms with Crippen LogP contribution in [0.4, 0.5) is 11.4 Å². The number of ether oxygens (including phenoxy) is 2. The Labute approximate surface area is 226 Å². The fraction of sp³-hybridized carbons (Fsp3) is 0.154. The molecule has 1 N–H and O–H groups in total. The van der Waals surface area contributed by atoms with Crippen molar-refractivity contribution >= 4 is 57.5 Å². The smallest absolute Gasteiger partial charge is 0.269 e. The molecule has 0 aliphatic rings. The first-order valence-corrected chi connectivity index (χ1v) is 12.2. The van der Waals surface area contributed by atoms with Crippen LogP contribution in [0.5, 0.6) is 11.5 Å². The minimum Gasteiger partial charge on any atom is -0.490 e. The zero-order valence-electron chi connectivity index (χ0n) is 19.4. The van der Waals surface area contributed by atoms with Crippen LogP contribution in [-0.2, 0) is 11.4 Å². The van der Waals surface area contributed by atoms with E-state index in [1.165, 1.54) is 18.2 Å². The largest absolute Gasteiger partial charge is 0.490 e. The van der Waals surface area contributed by atoms with Crippen molar-refractivity contribution in [1.82, 2.24) is 0 Å². The van der Waals surface area contributed by atoms with Crippen LogP contribution in [0.3, 0.4) is 0 Å². The van der Waals surface area contributed by atoms with Gasteiger partial charge in [-0.1, -0.05) is 17.7 Å². The molecule has 0 aromatic heterocycles. The van der Waals surface area contributed by atoms with Crippen LogP contribution in [0.25, 0.3) is 6.08 Å². The molecular formula is C26H21ClIN3O5. The highest BCUT2D eigenvalue weighted by molar-refractivity contribution is 14.1. The Morgan fingerprint density at radius 3 is 2.56 bits per heavy atom. The number of carbonyl (C=O) groups excluding carboxylic acids is 1. The number of hydrogen-bond donors (Lipinski definition) is 1.